The zero-order valence-corrected chi connectivity index (χ0v) is 21.3. The van der Waals surface area contributed by atoms with Crippen molar-refractivity contribution in [2.75, 3.05) is 20.5 Å². The molecule has 2 unspecified atom stereocenters. The molecule has 0 aromatic heterocycles. The average molecular weight is 471 g/mol. The molecule has 2 N–H and O–H groups in total. The Balaban J connectivity index is 1.57. The Morgan fingerprint density at radius 3 is 2.47 bits per heavy atom. The van der Waals surface area contributed by atoms with Crippen LogP contribution in [0.4, 0.5) is 0 Å². The van der Waals surface area contributed by atoms with Crippen LogP contribution in [0.2, 0.25) is 0 Å². The summed E-state index contributed by atoms with van der Waals surface area (Å²) in [5, 5.41) is 22.8. The van der Waals surface area contributed by atoms with E-state index in [0.717, 1.165) is 56.3 Å². The second-order valence-electron chi connectivity index (χ2n) is 11.6. The third kappa shape index (κ3) is 3.27. The highest BCUT2D eigenvalue weighted by atomic mass is 16.7. The smallest absolute Gasteiger partial charge is 0.147 e. The number of fused-ring (bicyclic) bond motifs is 5. The van der Waals surface area contributed by atoms with Crippen LogP contribution in [0.1, 0.15) is 77.7 Å². The predicted molar refractivity (Wildman–Crippen MR) is 131 cm³/mol. The number of hydrogen-bond donors (Lipinski definition) is 2. The minimum Gasteiger partial charge on any atom is -0.497 e. The first-order valence-electron chi connectivity index (χ1n) is 13.2. The van der Waals surface area contributed by atoms with Crippen molar-refractivity contribution < 1.29 is 24.4 Å². The van der Waals surface area contributed by atoms with Crippen LogP contribution in [0.5, 0.6) is 5.75 Å². The molecular formula is C29H42O5. The van der Waals surface area contributed by atoms with Crippen LogP contribution >= 0.6 is 0 Å². The third-order valence-corrected chi connectivity index (χ3v) is 10.5. The number of benzene rings is 1. The van der Waals surface area contributed by atoms with E-state index in [2.05, 4.69) is 19.9 Å². The van der Waals surface area contributed by atoms with E-state index < -0.39 is 16.6 Å². The van der Waals surface area contributed by atoms with Crippen molar-refractivity contribution in [1.82, 2.24) is 0 Å². The van der Waals surface area contributed by atoms with Crippen LogP contribution in [0, 0.1) is 22.7 Å². The lowest BCUT2D eigenvalue weighted by Crippen LogP contribution is -2.64. The SMILES string of the molecule is CCOCO[C@@]12CCC(O)(c3ccc(OC)cc3)[C@@]1(C)CC[C@@H]1[C@H]2CC=C2CC(O)CC[C@@]21C. The lowest BCUT2D eigenvalue weighted by Gasteiger charge is -2.63. The molecule has 5 nitrogen and oxygen atoms in total. The molecular weight excluding hydrogens is 428 g/mol. The summed E-state index contributed by atoms with van der Waals surface area (Å²) in [6.07, 6.45) is 9.34. The van der Waals surface area contributed by atoms with E-state index in [0.29, 0.717) is 24.9 Å². The molecule has 7 atom stereocenters. The summed E-state index contributed by atoms with van der Waals surface area (Å²) in [5.74, 6) is 1.62. The molecule has 188 valence electrons. The van der Waals surface area contributed by atoms with Gasteiger partial charge in [-0.1, -0.05) is 37.6 Å². The highest BCUT2D eigenvalue weighted by Gasteiger charge is 2.72. The van der Waals surface area contributed by atoms with Crippen LogP contribution in [-0.2, 0) is 15.1 Å². The second-order valence-corrected chi connectivity index (χ2v) is 11.6. The zero-order chi connectivity index (χ0) is 24.2. The Hall–Kier alpha value is -1.40. The first kappa shape index (κ1) is 24.3. The Labute approximate surface area is 204 Å². The molecule has 3 saturated carbocycles. The van der Waals surface area contributed by atoms with E-state index in [9.17, 15) is 10.2 Å². The van der Waals surface area contributed by atoms with Crippen molar-refractivity contribution in [3.05, 3.63) is 41.5 Å². The minimum atomic E-state index is -0.968. The molecule has 0 aliphatic heterocycles. The summed E-state index contributed by atoms with van der Waals surface area (Å²) in [6, 6.07) is 7.95. The van der Waals surface area contributed by atoms with Crippen molar-refractivity contribution in [3.8, 4) is 5.75 Å². The van der Waals surface area contributed by atoms with Gasteiger partial charge in [0, 0.05) is 12.0 Å². The molecule has 4 aliphatic rings. The van der Waals surface area contributed by atoms with Crippen molar-refractivity contribution in [2.24, 2.45) is 22.7 Å². The number of ether oxygens (including phenoxy) is 3. The molecule has 3 fully saturated rings. The Morgan fingerprint density at radius 1 is 1.00 bits per heavy atom. The standard InChI is InChI=1S/C29H42O5/c1-5-33-19-34-29-17-16-28(31,20-6-9-23(32-4)10-7-20)27(29,3)15-13-24-25(29)11-8-21-18-22(30)12-14-26(21,24)2/h6-10,22,24-25,30-31H,5,11-19H2,1-4H3/t22?,24-,25-,26+,27-,28?,29-/m1/s1. The molecule has 1 aromatic rings. The normalized spacial score (nSPS) is 43.5. The highest BCUT2D eigenvalue weighted by molar-refractivity contribution is 5.37. The fraction of sp³-hybridized carbons (Fsp3) is 0.724. The summed E-state index contributed by atoms with van der Waals surface area (Å²) >= 11 is 0. The van der Waals surface area contributed by atoms with Crippen LogP contribution in [0.3, 0.4) is 0 Å². The summed E-state index contributed by atoms with van der Waals surface area (Å²) < 4.78 is 17.9. The molecule has 0 radical (unpaired) electrons. The van der Waals surface area contributed by atoms with Crippen LogP contribution in [-0.4, -0.2) is 42.4 Å². The van der Waals surface area contributed by atoms with E-state index >= 15 is 0 Å². The van der Waals surface area contributed by atoms with Crippen LogP contribution < -0.4 is 4.74 Å². The summed E-state index contributed by atoms with van der Waals surface area (Å²) in [6.45, 7) is 7.56. The third-order valence-electron chi connectivity index (χ3n) is 10.5. The first-order valence-corrected chi connectivity index (χ1v) is 13.2. The van der Waals surface area contributed by atoms with Gasteiger partial charge in [-0.2, -0.15) is 0 Å². The topological polar surface area (TPSA) is 68.2 Å². The minimum absolute atomic E-state index is 0.103. The largest absolute Gasteiger partial charge is 0.497 e. The molecule has 0 saturated heterocycles. The maximum absolute atomic E-state index is 12.4. The van der Waals surface area contributed by atoms with Gasteiger partial charge in [0.25, 0.3) is 0 Å². The molecule has 5 rings (SSSR count). The van der Waals surface area contributed by atoms with Gasteiger partial charge >= 0.3 is 0 Å². The Kier molecular flexibility index (Phi) is 6.16. The lowest BCUT2D eigenvalue weighted by atomic mass is 9.45. The van der Waals surface area contributed by atoms with Gasteiger partial charge < -0.3 is 24.4 Å². The number of methoxy groups -OCH3 is 1. The molecule has 4 aliphatic carbocycles. The van der Waals surface area contributed by atoms with Crippen molar-refractivity contribution in [1.29, 1.82) is 0 Å². The second kappa shape index (κ2) is 8.62. The quantitative estimate of drug-likeness (QED) is 0.334. The molecule has 0 amide bonds. The van der Waals surface area contributed by atoms with Crippen LogP contribution in [0.25, 0.3) is 0 Å². The maximum atomic E-state index is 12.4. The predicted octanol–water partition coefficient (Wildman–Crippen LogP) is 5.34. The first-order chi connectivity index (χ1) is 16.2. The highest BCUT2D eigenvalue weighted by Crippen LogP contribution is 2.72. The lowest BCUT2D eigenvalue weighted by molar-refractivity contribution is -0.267. The van der Waals surface area contributed by atoms with E-state index in [-0.39, 0.29) is 18.3 Å². The summed E-state index contributed by atoms with van der Waals surface area (Å²) in [5.41, 5.74) is 0.648. The molecule has 34 heavy (non-hydrogen) atoms. The molecule has 0 heterocycles. The van der Waals surface area contributed by atoms with Crippen molar-refractivity contribution in [3.63, 3.8) is 0 Å². The van der Waals surface area contributed by atoms with Crippen LogP contribution in [0.15, 0.2) is 35.9 Å². The zero-order valence-electron chi connectivity index (χ0n) is 21.3. The van der Waals surface area contributed by atoms with Gasteiger partial charge in [-0.3, -0.25) is 0 Å². The average Bonchev–Trinajstić information content (AvgIpc) is 3.08. The number of aliphatic hydroxyl groups excluding tert-OH is 1. The van der Waals surface area contributed by atoms with Gasteiger partial charge in [-0.25, -0.2) is 0 Å². The Morgan fingerprint density at radius 2 is 1.76 bits per heavy atom. The van der Waals surface area contributed by atoms with Gasteiger partial charge in [0.1, 0.15) is 12.5 Å². The van der Waals surface area contributed by atoms with Gasteiger partial charge in [-0.05, 0) is 93.2 Å². The van der Waals surface area contributed by atoms with E-state index in [1.54, 1.807) is 7.11 Å². The molecule has 5 heteroatoms. The number of hydrogen-bond acceptors (Lipinski definition) is 5. The summed E-state index contributed by atoms with van der Waals surface area (Å²) in [4.78, 5) is 0. The van der Waals surface area contributed by atoms with E-state index in [1.807, 2.05) is 31.2 Å². The summed E-state index contributed by atoms with van der Waals surface area (Å²) in [7, 11) is 1.67. The van der Waals surface area contributed by atoms with E-state index in [1.165, 1.54) is 5.57 Å². The molecule has 0 spiro atoms. The van der Waals surface area contributed by atoms with Gasteiger partial charge in [-0.15, -0.1) is 0 Å². The monoisotopic (exact) mass is 470 g/mol. The fourth-order valence-electron chi connectivity index (χ4n) is 8.49. The molecule has 0 bridgehead atoms. The van der Waals surface area contributed by atoms with Gasteiger partial charge in [0.15, 0.2) is 0 Å². The van der Waals surface area contributed by atoms with Crippen molar-refractivity contribution >= 4 is 0 Å². The van der Waals surface area contributed by atoms with Gasteiger partial charge in [0.2, 0.25) is 0 Å². The van der Waals surface area contributed by atoms with E-state index in [4.69, 9.17) is 14.2 Å². The maximum Gasteiger partial charge on any atom is 0.147 e. The number of allylic oxidation sites excluding steroid dienone is 1. The molecule has 1 aromatic carbocycles. The van der Waals surface area contributed by atoms with Crippen molar-refractivity contribution in [2.45, 2.75) is 89.4 Å². The van der Waals surface area contributed by atoms with Gasteiger partial charge in [0.05, 0.1) is 24.4 Å². The number of aliphatic hydroxyl groups is 2. The fourth-order valence-corrected chi connectivity index (χ4v) is 8.49. The number of rotatable bonds is 6. The Bertz CT molecular complexity index is 927.